The van der Waals surface area contributed by atoms with E-state index in [-0.39, 0.29) is 10.6 Å². The maximum absolute atomic E-state index is 12.8. The second-order valence-corrected chi connectivity index (χ2v) is 10.8. The van der Waals surface area contributed by atoms with E-state index >= 15 is 0 Å². The number of aromatic nitrogens is 5. The Morgan fingerprint density at radius 1 is 0.944 bits per heavy atom. The van der Waals surface area contributed by atoms with Crippen LogP contribution in [-0.2, 0) is 23.6 Å². The van der Waals surface area contributed by atoms with Crippen LogP contribution in [0.4, 0.5) is 0 Å². The first kappa shape index (κ1) is 24.0. The normalized spacial score (nSPS) is 11.9. The highest BCUT2D eigenvalue weighted by Gasteiger charge is 2.21. The van der Waals surface area contributed by atoms with Crippen LogP contribution >= 0.6 is 11.6 Å². The summed E-state index contributed by atoms with van der Waals surface area (Å²) in [6.45, 7) is 5.96. The first-order valence-corrected chi connectivity index (χ1v) is 13.0. The number of imidazole rings is 2. The molecule has 184 valence electrons. The number of nitrogens with one attached hydrogen (secondary N) is 1. The molecule has 1 amide bonds. The molecule has 0 aliphatic heterocycles. The zero-order valence-electron chi connectivity index (χ0n) is 20.1. The minimum Gasteiger partial charge on any atom is -0.331 e. The van der Waals surface area contributed by atoms with Gasteiger partial charge in [-0.2, -0.15) is 0 Å². The van der Waals surface area contributed by atoms with E-state index < -0.39 is 15.9 Å². The number of carbonyl (C=O) groups excluding carboxylic acids is 1. The second-order valence-electron chi connectivity index (χ2n) is 8.68. The van der Waals surface area contributed by atoms with Crippen LogP contribution in [0.15, 0.2) is 53.4 Å². The molecule has 1 N–H and O–H groups in total. The number of amides is 1. The Morgan fingerprint density at radius 2 is 1.64 bits per heavy atom. The van der Waals surface area contributed by atoms with Crippen molar-refractivity contribution in [2.45, 2.75) is 32.2 Å². The van der Waals surface area contributed by atoms with Crippen molar-refractivity contribution in [2.24, 2.45) is 7.05 Å². The monoisotopic (exact) mass is 522 g/mol. The van der Waals surface area contributed by atoms with Crippen molar-refractivity contribution in [1.82, 2.24) is 28.8 Å². The summed E-state index contributed by atoms with van der Waals surface area (Å²) in [7, 11) is -2.11. The Bertz CT molecular complexity index is 1770. The van der Waals surface area contributed by atoms with E-state index in [0.717, 1.165) is 28.0 Å². The fourth-order valence-corrected chi connectivity index (χ4v) is 5.23. The lowest BCUT2D eigenvalue weighted by molar-refractivity contribution is 0.0977. The molecule has 0 fully saturated rings. The molecule has 0 radical (unpaired) electrons. The highest BCUT2D eigenvalue weighted by Crippen LogP contribution is 2.27. The van der Waals surface area contributed by atoms with Crippen molar-refractivity contribution in [3.05, 3.63) is 82.0 Å². The molecule has 3 heterocycles. The van der Waals surface area contributed by atoms with Crippen LogP contribution in [0, 0.1) is 20.8 Å². The van der Waals surface area contributed by atoms with E-state index in [1.54, 1.807) is 18.2 Å². The fourth-order valence-electron chi connectivity index (χ4n) is 4.05. The summed E-state index contributed by atoms with van der Waals surface area (Å²) in [5, 5.41) is 0.574. The summed E-state index contributed by atoms with van der Waals surface area (Å²) in [5.74, 6) is 0.724. The zero-order valence-corrected chi connectivity index (χ0v) is 21.6. The van der Waals surface area contributed by atoms with Gasteiger partial charge in [-0.15, -0.1) is 0 Å². The standard InChI is InChI=1S/C25H23ClN6O3S/c1-14-5-7-18(8-6-14)36(34,35)30-25(33)21-10-9-20-24(29-21)32(16(3)28-20)13-17-11-22-23(12-19(17)26)31(4)15(2)27-22/h5-12H,13H2,1-4H3,(H,30,33). The number of halogens is 1. The highest BCUT2D eigenvalue weighted by molar-refractivity contribution is 7.90. The number of sulfonamides is 1. The molecule has 0 bridgehead atoms. The summed E-state index contributed by atoms with van der Waals surface area (Å²) in [6.07, 6.45) is 0. The lowest BCUT2D eigenvalue weighted by Crippen LogP contribution is -2.31. The predicted octanol–water partition coefficient (Wildman–Crippen LogP) is 4.06. The molecule has 11 heteroatoms. The Hall–Kier alpha value is -3.76. The first-order valence-electron chi connectivity index (χ1n) is 11.1. The van der Waals surface area contributed by atoms with Crippen molar-refractivity contribution in [3.63, 3.8) is 0 Å². The van der Waals surface area contributed by atoms with E-state index in [9.17, 15) is 13.2 Å². The number of nitrogens with zero attached hydrogens (tertiary/aromatic N) is 5. The Labute approximate surface area is 212 Å². The Kier molecular flexibility index (Phi) is 5.80. The molecule has 5 rings (SSSR count). The largest absolute Gasteiger partial charge is 0.331 e. The molecule has 0 aliphatic carbocycles. The van der Waals surface area contributed by atoms with E-state index in [1.165, 1.54) is 18.2 Å². The van der Waals surface area contributed by atoms with Crippen LogP contribution in [-0.4, -0.2) is 38.4 Å². The molecule has 0 unspecified atom stereocenters. The number of aryl methyl sites for hydroxylation is 4. The van der Waals surface area contributed by atoms with Gasteiger partial charge in [-0.1, -0.05) is 29.3 Å². The number of carbonyl (C=O) groups is 1. The minimum absolute atomic E-state index is 0.00166. The molecule has 0 spiro atoms. The van der Waals surface area contributed by atoms with Crippen LogP contribution in [0.5, 0.6) is 0 Å². The van der Waals surface area contributed by atoms with Crippen LogP contribution in [0.2, 0.25) is 5.02 Å². The van der Waals surface area contributed by atoms with Crippen molar-refractivity contribution in [1.29, 1.82) is 0 Å². The molecule has 5 aromatic rings. The van der Waals surface area contributed by atoms with Gasteiger partial charge in [0, 0.05) is 12.1 Å². The van der Waals surface area contributed by atoms with Gasteiger partial charge in [-0.25, -0.2) is 28.1 Å². The zero-order chi connectivity index (χ0) is 25.8. The van der Waals surface area contributed by atoms with Gasteiger partial charge in [0.2, 0.25) is 0 Å². The fraction of sp³-hybridized carbons (Fsp3) is 0.200. The number of fused-ring (bicyclic) bond motifs is 2. The third-order valence-electron chi connectivity index (χ3n) is 6.18. The number of benzene rings is 2. The van der Waals surface area contributed by atoms with Gasteiger partial charge < -0.3 is 9.13 Å². The van der Waals surface area contributed by atoms with Gasteiger partial charge >= 0.3 is 0 Å². The summed E-state index contributed by atoms with van der Waals surface area (Å²) >= 11 is 6.60. The molecule has 9 nitrogen and oxygen atoms in total. The van der Waals surface area contributed by atoms with Crippen LogP contribution in [0.3, 0.4) is 0 Å². The highest BCUT2D eigenvalue weighted by atomic mass is 35.5. The average Bonchev–Trinajstić information content (AvgIpc) is 3.28. The number of rotatable bonds is 5. The molecule has 0 aliphatic rings. The van der Waals surface area contributed by atoms with Gasteiger partial charge in [0.05, 0.1) is 22.5 Å². The number of pyridine rings is 1. The molecule has 36 heavy (non-hydrogen) atoms. The summed E-state index contributed by atoms with van der Waals surface area (Å²) in [5.41, 5.74) is 4.47. The van der Waals surface area contributed by atoms with Crippen molar-refractivity contribution < 1.29 is 13.2 Å². The van der Waals surface area contributed by atoms with Crippen molar-refractivity contribution in [2.75, 3.05) is 0 Å². The third-order valence-corrected chi connectivity index (χ3v) is 7.87. The molecule has 0 saturated carbocycles. The first-order chi connectivity index (χ1) is 17.0. The van der Waals surface area contributed by atoms with Crippen LogP contribution in [0.25, 0.3) is 22.2 Å². The Morgan fingerprint density at radius 3 is 2.36 bits per heavy atom. The predicted molar refractivity (Wildman–Crippen MR) is 138 cm³/mol. The van der Waals surface area contributed by atoms with Crippen LogP contribution in [0.1, 0.15) is 33.3 Å². The SMILES string of the molecule is Cc1ccc(S(=O)(=O)NC(=O)c2ccc3nc(C)n(Cc4cc5nc(C)n(C)c5cc4Cl)c3n2)cc1. The van der Waals surface area contributed by atoms with E-state index in [0.29, 0.717) is 28.6 Å². The van der Waals surface area contributed by atoms with E-state index in [2.05, 4.69) is 19.7 Å². The lowest BCUT2D eigenvalue weighted by Gasteiger charge is -2.10. The molecule has 2 aromatic carbocycles. The van der Waals surface area contributed by atoms with E-state index in [1.807, 2.05) is 49.1 Å². The van der Waals surface area contributed by atoms with Crippen molar-refractivity contribution >= 4 is 49.7 Å². The number of hydrogen-bond acceptors (Lipinski definition) is 6. The Balaban J connectivity index is 1.49. The smallest absolute Gasteiger partial charge is 0.283 e. The van der Waals surface area contributed by atoms with Gasteiger partial charge in [-0.3, -0.25) is 4.79 Å². The van der Waals surface area contributed by atoms with Gasteiger partial charge in [0.25, 0.3) is 15.9 Å². The molecule has 3 aromatic heterocycles. The van der Waals surface area contributed by atoms with E-state index in [4.69, 9.17) is 11.6 Å². The maximum atomic E-state index is 12.8. The van der Waals surface area contributed by atoms with Gasteiger partial charge in [0.1, 0.15) is 22.9 Å². The van der Waals surface area contributed by atoms with Crippen LogP contribution < -0.4 is 4.72 Å². The third kappa shape index (κ3) is 4.22. The lowest BCUT2D eigenvalue weighted by atomic mass is 10.2. The van der Waals surface area contributed by atoms with Gasteiger partial charge in [0.15, 0.2) is 5.65 Å². The average molecular weight is 523 g/mol. The molecule has 0 atom stereocenters. The summed E-state index contributed by atoms with van der Waals surface area (Å²) in [4.78, 5) is 26.4. The van der Waals surface area contributed by atoms with Gasteiger partial charge in [-0.05, 0) is 62.7 Å². The van der Waals surface area contributed by atoms with Crippen molar-refractivity contribution in [3.8, 4) is 0 Å². The molecular formula is C25H23ClN6O3S. The molecule has 0 saturated heterocycles. The molecular weight excluding hydrogens is 500 g/mol. The summed E-state index contributed by atoms with van der Waals surface area (Å²) < 4.78 is 31.3. The maximum Gasteiger partial charge on any atom is 0.283 e. The summed E-state index contributed by atoms with van der Waals surface area (Å²) in [6, 6.07) is 13.1. The quantitative estimate of drug-likeness (QED) is 0.372. The topological polar surface area (TPSA) is 112 Å². The second kappa shape index (κ2) is 8.72. The number of hydrogen-bond donors (Lipinski definition) is 1. The minimum atomic E-state index is -4.05.